The van der Waals surface area contributed by atoms with E-state index in [1.807, 2.05) is 24.3 Å². The molecule has 39 heavy (non-hydrogen) atoms. The zero-order valence-electron chi connectivity index (χ0n) is 23.1. The monoisotopic (exact) mass is 607 g/mol. The van der Waals surface area contributed by atoms with Gasteiger partial charge < -0.3 is 70.0 Å². The number of benzene rings is 1. The van der Waals surface area contributed by atoms with E-state index in [9.17, 15) is 14.4 Å². The van der Waals surface area contributed by atoms with Crippen molar-refractivity contribution in [1.29, 1.82) is 0 Å². The molecular weight excluding hydrogens is 563 g/mol. The molecule has 0 heterocycles. The van der Waals surface area contributed by atoms with E-state index < -0.39 is 18.0 Å². The lowest BCUT2D eigenvalue weighted by atomic mass is 9.85. The highest BCUT2D eigenvalue weighted by Crippen LogP contribution is 2.28. The minimum Gasteiger partial charge on any atom is -1.00 e. The molecule has 9 nitrogen and oxygen atoms in total. The van der Waals surface area contributed by atoms with Crippen LogP contribution in [0.1, 0.15) is 76.7 Å². The van der Waals surface area contributed by atoms with Crippen molar-refractivity contribution in [2.75, 3.05) is 31.5 Å². The molecule has 0 aliphatic heterocycles. The Morgan fingerprint density at radius 1 is 0.923 bits per heavy atom. The van der Waals surface area contributed by atoms with Crippen LogP contribution in [0.4, 0.5) is 5.69 Å². The number of anilines is 1. The Kier molecular flexibility index (Phi) is 21.5. The minimum absolute atomic E-state index is 0. The summed E-state index contributed by atoms with van der Waals surface area (Å²) in [7, 11) is 0. The molecule has 8 N–H and O–H groups in total. The molecule has 0 bridgehead atoms. The number of hydrogen-bond acceptors (Lipinski definition) is 6. The summed E-state index contributed by atoms with van der Waals surface area (Å²) >= 11 is 0. The fourth-order valence-corrected chi connectivity index (χ4v) is 4.69. The number of nitrogens with two attached hydrogens (primary N) is 3. The first-order valence-electron chi connectivity index (χ1n) is 13.4. The number of carbonyl (C=O) groups is 3. The molecule has 2 atom stereocenters. The molecule has 1 aliphatic rings. The zero-order chi connectivity index (χ0) is 26.5. The summed E-state index contributed by atoms with van der Waals surface area (Å²) in [6.45, 7) is 5.54. The molecule has 3 amide bonds. The second kappa shape index (κ2) is 21.2. The van der Waals surface area contributed by atoms with Crippen LogP contribution in [0, 0.1) is 5.92 Å². The molecule has 12 heteroatoms. The highest BCUT2D eigenvalue weighted by Gasteiger charge is 2.27. The third-order valence-electron chi connectivity index (χ3n) is 6.95. The van der Waals surface area contributed by atoms with Gasteiger partial charge in [-0.1, -0.05) is 58.1 Å². The molecule has 1 aromatic rings. The van der Waals surface area contributed by atoms with Crippen LogP contribution in [0.25, 0.3) is 0 Å². The van der Waals surface area contributed by atoms with Crippen molar-refractivity contribution in [2.24, 2.45) is 23.1 Å². The van der Waals surface area contributed by atoms with E-state index in [0.717, 1.165) is 19.3 Å². The first-order chi connectivity index (χ1) is 17.2. The van der Waals surface area contributed by atoms with Crippen molar-refractivity contribution in [3.05, 3.63) is 29.8 Å². The third-order valence-corrected chi connectivity index (χ3v) is 6.95. The summed E-state index contributed by atoms with van der Waals surface area (Å²) in [6.07, 6.45) is 7.22. The van der Waals surface area contributed by atoms with Gasteiger partial charge in [0, 0.05) is 31.9 Å². The number of hydrogen-bond donors (Lipinski definition) is 5. The second-order valence-electron chi connectivity index (χ2n) is 10.2. The van der Waals surface area contributed by atoms with Crippen molar-refractivity contribution >= 4 is 23.4 Å². The topological polar surface area (TPSA) is 157 Å². The predicted octanol–water partition coefficient (Wildman–Crippen LogP) is -6.93. The Balaban J connectivity index is 0. The van der Waals surface area contributed by atoms with Crippen LogP contribution in [0.3, 0.4) is 0 Å². The standard InChI is InChI=1S/C27H46N6O3.3ClH/c1-19(2)21-9-11-22(12-10-21)31-27(36)24(13-8-20-6-4-3-5-7-20)32-26(35)23(30)18-25(34)33(16-14-28)17-15-29;;;/h9-12,19-20,23-24H,3-8,13-18,28-30H2,1-2H3,(H,31,36)(H,32,35);3*1H/p-3/t23-,24-;;;/m0.../s1. The molecule has 2 rings (SSSR count). The summed E-state index contributed by atoms with van der Waals surface area (Å²) in [5.74, 6) is -0.104. The van der Waals surface area contributed by atoms with Crippen LogP contribution < -0.4 is 65.1 Å². The van der Waals surface area contributed by atoms with Crippen molar-refractivity contribution < 1.29 is 51.6 Å². The van der Waals surface area contributed by atoms with E-state index >= 15 is 0 Å². The number of rotatable bonds is 14. The number of carbonyl (C=O) groups excluding carboxylic acids is 3. The van der Waals surface area contributed by atoms with Crippen LogP contribution in [0.5, 0.6) is 0 Å². The Morgan fingerprint density at radius 2 is 1.49 bits per heavy atom. The molecular formula is C27H46Cl3N6O3-3. The summed E-state index contributed by atoms with van der Waals surface area (Å²) in [5, 5.41) is 5.75. The van der Waals surface area contributed by atoms with Crippen molar-refractivity contribution in [1.82, 2.24) is 10.2 Å². The Labute approximate surface area is 252 Å². The summed E-state index contributed by atoms with van der Waals surface area (Å²) in [5.41, 5.74) is 19.1. The molecule has 0 unspecified atom stereocenters. The van der Waals surface area contributed by atoms with Gasteiger partial charge in [-0.25, -0.2) is 0 Å². The normalized spacial score (nSPS) is 14.6. The fourth-order valence-electron chi connectivity index (χ4n) is 4.69. The van der Waals surface area contributed by atoms with Gasteiger partial charge in [0.2, 0.25) is 17.7 Å². The maximum absolute atomic E-state index is 13.2. The average molecular weight is 609 g/mol. The van der Waals surface area contributed by atoms with Crippen LogP contribution in [0.15, 0.2) is 24.3 Å². The van der Waals surface area contributed by atoms with E-state index in [1.54, 1.807) is 0 Å². The molecule has 1 saturated carbocycles. The highest BCUT2D eigenvalue weighted by atomic mass is 35.5. The van der Waals surface area contributed by atoms with Crippen molar-refractivity contribution in [3.63, 3.8) is 0 Å². The van der Waals surface area contributed by atoms with Crippen LogP contribution in [0.2, 0.25) is 0 Å². The molecule has 0 spiro atoms. The smallest absolute Gasteiger partial charge is 0.246 e. The zero-order valence-corrected chi connectivity index (χ0v) is 25.4. The van der Waals surface area contributed by atoms with Gasteiger partial charge in [-0.2, -0.15) is 0 Å². The van der Waals surface area contributed by atoms with E-state index in [2.05, 4.69) is 24.5 Å². The first-order valence-corrected chi connectivity index (χ1v) is 13.4. The molecule has 0 saturated heterocycles. The lowest BCUT2D eigenvalue weighted by molar-refractivity contribution is -0.134. The predicted molar refractivity (Wildman–Crippen MR) is 144 cm³/mol. The van der Waals surface area contributed by atoms with Gasteiger partial charge in [0.15, 0.2) is 0 Å². The lowest BCUT2D eigenvalue weighted by Crippen LogP contribution is -3.00. The highest BCUT2D eigenvalue weighted by molar-refractivity contribution is 5.98. The van der Waals surface area contributed by atoms with E-state index in [0.29, 0.717) is 50.1 Å². The van der Waals surface area contributed by atoms with Crippen molar-refractivity contribution in [2.45, 2.75) is 83.2 Å². The number of nitrogens with one attached hydrogen (secondary N) is 2. The molecule has 0 aromatic heterocycles. The number of amides is 3. The van der Waals surface area contributed by atoms with Gasteiger partial charge in [0.05, 0.1) is 12.5 Å². The molecule has 1 fully saturated rings. The molecule has 1 aliphatic carbocycles. The Morgan fingerprint density at radius 3 is 2.00 bits per heavy atom. The number of nitrogens with zero attached hydrogens (tertiary/aromatic N) is 1. The van der Waals surface area contributed by atoms with Gasteiger partial charge in [-0.05, 0) is 42.4 Å². The Hall–Kier alpha value is -1.62. The largest absolute Gasteiger partial charge is 1.00 e. The summed E-state index contributed by atoms with van der Waals surface area (Å²) in [6, 6.07) is 5.94. The van der Waals surface area contributed by atoms with Gasteiger partial charge in [-0.3, -0.25) is 14.4 Å². The maximum atomic E-state index is 13.2. The molecule has 0 radical (unpaired) electrons. The average Bonchev–Trinajstić information content (AvgIpc) is 2.87. The second-order valence-corrected chi connectivity index (χ2v) is 10.2. The van der Waals surface area contributed by atoms with Crippen LogP contribution in [-0.4, -0.2) is 60.9 Å². The number of halogens is 3. The van der Waals surface area contributed by atoms with E-state index in [-0.39, 0.29) is 55.5 Å². The first kappa shape index (κ1) is 39.5. The van der Waals surface area contributed by atoms with Crippen molar-refractivity contribution in [3.8, 4) is 0 Å². The molecule has 226 valence electrons. The van der Waals surface area contributed by atoms with E-state index in [1.165, 1.54) is 29.7 Å². The van der Waals surface area contributed by atoms with Gasteiger partial charge in [0.25, 0.3) is 0 Å². The third kappa shape index (κ3) is 14.0. The van der Waals surface area contributed by atoms with E-state index in [4.69, 9.17) is 17.2 Å². The fraction of sp³-hybridized carbons (Fsp3) is 0.667. The van der Waals surface area contributed by atoms with Crippen LogP contribution in [-0.2, 0) is 14.4 Å². The lowest BCUT2D eigenvalue weighted by Gasteiger charge is -2.26. The van der Waals surface area contributed by atoms with Gasteiger partial charge in [0.1, 0.15) is 6.04 Å². The SMILES string of the molecule is CC(C)c1ccc(NC(=O)[C@H](CCC2CCCCC2)NC(=O)[C@@H](N)CC(=O)N(CCN)CCN)cc1.[Cl-].[Cl-].[Cl-]. The maximum Gasteiger partial charge on any atom is 0.246 e. The Bertz CT molecular complexity index is 833. The van der Waals surface area contributed by atoms with Gasteiger partial charge >= 0.3 is 0 Å². The minimum atomic E-state index is -1.06. The molecule has 1 aromatic carbocycles. The van der Waals surface area contributed by atoms with Gasteiger partial charge in [-0.15, -0.1) is 0 Å². The summed E-state index contributed by atoms with van der Waals surface area (Å²) in [4.78, 5) is 40.2. The quantitative estimate of drug-likeness (QED) is 0.141. The summed E-state index contributed by atoms with van der Waals surface area (Å²) < 4.78 is 0. The van der Waals surface area contributed by atoms with Crippen LogP contribution >= 0.6 is 0 Å².